The summed E-state index contributed by atoms with van der Waals surface area (Å²) >= 11 is 0. The van der Waals surface area contributed by atoms with Crippen LogP contribution < -0.4 is 0 Å². The van der Waals surface area contributed by atoms with E-state index in [1.165, 1.54) is 21.9 Å². The summed E-state index contributed by atoms with van der Waals surface area (Å²) in [4.78, 5) is 15.9. The third-order valence-corrected chi connectivity index (χ3v) is 12.0. The summed E-state index contributed by atoms with van der Waals surface area (Å²) in [6.45, 7) is 2.26. The van der Waals surface area contributed by atoms with E-state index in [0.717, 1.165) is 89.2 Å². The molecule has 0 bridgehead atoms. The van der Waals surface area contributed by atoms with Crippen LogP contribution in [0.25, 0.3) is 117 Å². The molecule has 12 rings (SSSR count). The lowest BCUT2D eigenvalue weighted by Gasteiger charge is -2.15. The van der Waals surface area contributed by atoms with Crippen LogP contribution in [0.1, 0.15) is 30.6 Å². The Morgan fingerprint density at radius 2 is 0.983 bits per heavy atom. The van der Waals surface area contributed by atoms with Gasteiger partial charge in [0, 0.05) is 38.4 Å². The summed E-state index contributed by atoms with van der Waals surface area (Å²) in [6.07, 6.45) is 5.25. The second-order valence-corrected chi connectivity index (χ2v) is 15.5. The molecule has 1 aliphatic carbocycles. The zero-order valence-electron chi connectivity index (χ0n) is 32.2. The van der Waals surface area contributed by atoms with Crippen molar-refractivity contribution >= 4 is 60.5 Å². The fraction of sp³-hybridized carbons (Fsp3) is 0.0556. The lowest BCUT2D eigenvalue weighted by atomic mass is 9.89. The summed E-state index contributed by atoms with van der Waals surface area (Å²) in [5.74, 6) is 3.04. The standard InChI is InChI=1S/C54H35N3O2/c1-32-12-6-25-46-49(32)51-44(23-11-27-48(51)59-46)54-56-52(35-30-28-34(29-31-35)37-17-7-14-33-13-2-3-15-36(33)37)55-53(57-54)42-22-9-18-38-39(19-8-20-40(38)42)41-21-10-26-47-50(41)43-16-4-5-24-45(43)58-47/h2-11,13-32H,12H2,1H3. The fourth-order valence-electron chi connectivity index (χ4n) is 9.25. The molecule has 3 heterocycles. The van der Waals surface area contributed by atoms with Crippen LogP contribution in [-0.4, -0.2) is 15.0 Å². The monoisotopic (exact) mass is 757 g/mol. The van der Waals surface area contributed by atoms with E-state index in [-0.39, 0.29) is 0 Å². The first-order valence-electron chi connectivity index (χ1n) is 20.2. The molecule has 1 unspecified atom stereocenters. The topological polar surface area (TPSA) is 65.0 Å². The van der Waals surface area contributed by atoms with Crippen molar-refractivity contribution in [1.29, 1.82) is 0 Å². The summed E-state index contributed by atoms with van der Waals surface area (Å²) in [5.41, 5.74) is 11.2. The Morgan fingerprint density at radius 3 is 1.83 bits per heavy atom. The number of hydrogen-bond donors (Lipinski definition) is 0. The van der Waals surface area contributed by atoms with Crippen LogP contribution in [0.2, 0.25) is 0 Å². The average Bonchev–Trinajstić information content (AvgIpc) is 3.88. The minimum absolute atomic E-state index is 0.299. The first-order chi connectivity index (χ1) is 29.2. The number of furan rings is 2. The third-order valence-electron chi connectivity index (χ3n) is 12.0. The van der Waals surface area contributed by atoms with Crippen LogP contribution in [0.4, 0.5) is 0 Å². The Hall–Kier alpha value is -7.63. The zero-order chi connectivity index (χ0) is 39.0. The highest BCUT2D eigenvalue weighted by Crippen LogP contribution is 2.44. The highest BCUT2D eigenvalue weighted by Gasteiger charge is 2.25. The molecule has 278 valence electrons. The van der Waals surface area contributed by atoms with Crippen molar-refractivity contribution < 1.29 is 8.83 Å². The van der Waals surface area contributed by atoms with Crippen molar-refractivity contribution in [2.75, 3.05) is 0 Å². The van der Waals surface area contributed by atoms with Gasteiger partial charge in [0.05, 0.1) is 0 Å². The first-order valence-corrected chi connectivity index (χ1v) is 20.2. The predicted molar refractivity (Wildman–Crippen MR) is 241 cm³/mol. The van der Waals surface area contributed by atoms with Gasteiger partial charge in [-0.05, 0) is 80.4 Å². The van der Waals surface area contributed by atoms with Gasteiger partial charge in [-0.2, -0.15) is 0 Å². The van der Waals surface area contributed by atoms with Crippen molar-refractivity contribution in [1.82, 2.24) is 15.0 Å². The van der Waals surface area contributed by atoms with E-state index in [1.807, 2.05) is 30.3 Å². The Morgan fingerprint density at radius 1 is 0.424 bits per heavy atom. The van der Waals surface area contributed by atoms with Crippen molar-refractivity contribution in [2.45, 2.75) is 19.3 Å². The summed E-state index contributed by atoms with van der Waals surface area (Å²) in [5, 5.41) is 7.88. The smallest absolute Gasteiger partial charge is 0.164 e. The van der Waals surface area contributed by atoms with Gasteiger partial charge in [-0.1, -0.05) is 159 Å². The second kappa shape index (κ2) is 13.2. The molecule has 5 heteroatoms. The van der Waals surface area contributed by atoms with Gasteiger partial charge in [-0.15, -0.1) is 0 Å². The normalized spacial score (nSPS) is 13.9. The van der Waals surface area contributed by atoms with Crippen LogP contribution >= 0.6 is 0 Å². The van der Waals surface area contributed by atoms with Gasteiger partial charge in [0.15, 0.2) is 17.5 Å². The van der Waals surface area contributed by atoms with Gasteiger partial charge >= 0.3 is 0 Å². The molecule has 0 saturated carbocycles. The highest BCUT2D eigenvalue weighted by atomic mass is 16.3. The first kappa shape index (κ1) is 33.5. The SMILES string of the molecule is CC1CC=Cc2oc3cccc(-c4nc(-c5ccc(-c6cccc7ccccc67)cc5)nc(-c5cccc6c(-c7cccc8oc9ccccc9c78)cccc56)n4)c3c21. The molecule has 8 aromatic carbocycles. The molecule has 59 heavy (non-hydrogen) atoms. The van der Waals surface area contributed by atoms with Crippen molar-refractivity contribution in [3.05, 3.63) is 181 Å². The second-order valence-electron chi connectivity index (χ2n) is 15.5. The van der Waals surface area contributed by atoms with Gasteiger partial charge in [0.25, 0.3) is 0 Å². The van der Waals surface area contributed by atoms with Gasteiger partial charge in [-0.3, -0.25) is 0 Å². The zero-order valence-corrected chi connectivity index (χ0v) is 32.2. The molecule has 0 spiro atoms. The van der Waals surface area contributed by atoms with Crippen LogP contribution in [0.5, 0.6) is 0 Å². The number of hydrogen-bond acceptors (Lipinski definition) is 5. The Labute approximate surface area is 340 Å². The molecule has 0 amide bonds. The number of nitrogens with zero attached hydrogens (tertiary/aromatic N) is 3. The predicted octanol–water partition coefficient (Wildman–Crippen LogP) is 14.7. The number of fused-ring (bicyclic) bond motifs is 8. The van der Waals surface area contributed by atoms with Crippen molar-refractivity contribution in [3.63, 3.8) is 0 Å². The lowest BCUT2D eigenvalue weighted by Crippen LogP contribution is -2.02. The molecule has 3 aromatic heterocycles. The number of benzene rings is 8. The Bertz CT molecular complexity index is 3490. The maximum absolute atomic E-state index is 6.44. The molecular weight excluding hydrogens is 723 g/mol. The Balaban J connectivity index is 1.07. The molecule has 0 fully saturated rings. The van der Waals surface area contributed by atoms with E-state index >= 15 is 0 Å². The van der Waals surface area contributed by atoms with Crippen LogP contribution in [-0.2, 0) is 0 Å². The molecule has 0 saturated heterocycles. The van der Waals surface area contributed by atoms with Crippen LogP contribution in [0.3, 0.4) is 0 Å². The third kappa shape index (κ3) is 5.35. The number of aromatic nitrogens is 3. The fourth-order valence-corrected chi connectivity index (χ4v) is 9.25. The number of allylic oxidation sites excluding steroid dienone is 1. The van der Waals surface area contributed by atoms with E-state index < -0.39 is 0 Å². The van der Waals surface area contributed by atoms with Crippen LogP contribution in [0.15, 0.2) is 179 Å². The molecular formula is C54H35N3O2. The van der Waals surface area contributed by atoms with E-state index in [2.05, 4.69) is 153 Å². The molecule has 0 N–H and O–H groups in total. The van der Waals surface area contributed by atoms with E-state index in [0.29, 0.717) is 23.4 Å². The Kier molecular flexibility index (Phi) is 7.51. The van der Waals surface area contributed by atoms with Gasteiger partial charge in [-0.25, -0.2) is 15.0 Å². The number of rotatable bonds is 5. The van der Waals surface area contributed by atoms with Gasteiger partial charge < -0.3 is 8.83 Å². The minimum atomic E-state index is 0.299. The molecule has 1 atom stereocenters. The lowest BCUT2D eigenvalue weighted by molar-refractivity contribution is 0.586. The van der Waals surface area contributed by atoms with E-state index in [9.17, 15) is 0 Å². The van der Waals surface area contributed by atoms with Crippen LogP contribution in [0, 0.1) is 0 Å². The number of para-hydroxylation sites is 1. The molecule has 1 aliphatic rings. The summed E-state index contributed by atoms with van der Waals surface area (Å²) in [7, 11) is 0. The largest absolute Gasteiger partial charge is 0.456 e. The van der Waals surface area contributed by atoms with Crippen molar-refractivity contribution in [3.8, 4) is 56.4 Å². The maximum atomic E-state index is 6.44. The summed E-state index contributed by atoms with van der Waals surface area (Å²) < 4.78 is 12.7. The maximum Gasteiger partial charge on any atom is 0.164 e. The van der Waals surface area contributed by atoms with Gasteiger partial charge in [0.2, 0.25) is 0 Å². The van der Waals surface area contributed by atoms with E-state index in [4.69, 9.17) is 23.8 Å². The molecule has 11 aromatic rings. The van der Waals surface area contributed by atoms with Gasteiger partial charge in [0.1, 0.15) is 22.5 Å². The molecule has 0 aliphatic heterocycles. The summed E-state index contributed by atoms with van der Waals surface area (Å²) in [6, 6.07) is 57.3. The minimum Gasteiger partial charge on any atom is -0.456 e. The average molecular weight is 758 g/mol. The molecule has 5 nitrogen and oxygen atoms in total. The van der Waals surface area contributed by atoms with Crippen molar-refractivity contribution in [2.24, 2.45) is 0 Å². The highest BCUT2D eigenvalue weighted by molar-refractivity contribution is 6.16. The molecule has 0 radical (unpaired) electrons. The quantitative estimate of drug-likeness (QED) is 0.175. The van der Waals surface area contributed by atoms with E-state index in [1.54, 1.807) is 0 Å².